The lowest BCUT2D eigenvalue weighted by Gasteiger charge is -2.13. The zero-order valence-electron chi connectivity index (χ0n) is 10.8. The molecule has 0 spiro atoms. The highest BCUT2D eigenvalue weighted by Crippen LogP contribution is 2.17. The lowest BCUT2D eigenvalue weighted by Crippen LogP contribution is -2.01. The Balaban J connectivity index is 0. The van der Waals surface area contributed by atoms with Crippen molar-refractivity contribution in [1.82, 2.24) is 0 Å². The van der Waals surface area contributed by atoms with Gasteiger partial charge in [-0.1, -0.05) is 46.8 Å². The molecule has 0 saturated heterocycles. The second kappa shape index (κ2) is 9.05. The van der Waals surface area contributed by atoms with Gasteiger partial charge in [0.25, 0.3) is 0 Å². The Kier molecular flexibility index (Phi) is 10.3. The van der Waals surface area contributed by atoms with Gasteiger partial charge in [-0.25, -0.2) is 0 Å². The minimum atomic E-state index is 0.432. The van der Waals surface area contributed by atoms with Crippen molar-refractivity contribution in [2.75, 3.05) is 0 Å². The molecule has 0 amide bonds. The highest BCUT2D eigenvalue weighted by atomic mass is 14.1. The van der Waals surface area contributed by atoms with Gasteiger partial charge in [-0.05, 0) is 30.6 Å². The number of rotatable bonds is 4. The summed E-state index contributed by atoms with van der Waals surface area (Å²) in [5, 5.41) is 0. The fourth-order valence-electron chi connectivity index (χ4n) is 1.06. The Morgan fingerprint density at radius 3 is 1.50 bits per heavy atom. The van der Waals surface area contributed by atoms with Crippen LogP contribution in [0.5, 0.6) is 0 Å². The lowest BCUT2D eigenvalue weighted by molar-refractivity contribution is 0.421. The van der Waals surface area contributed by atoms with Crippen LogP contribution in [0.15, 0.2) is 25.3 Å². The Morgan fingerprint density at radius 1 is 1.07 bits per heavy atom. The number of hydrogen-bond acceptors (Lipinski definition) is 0. The summed E-state index contributed by atoms with van der Waals surface area (Å²) in [4.78, 5) is 0. The summed E-state index contributed by atoms with van der Waals surface area (Å²) >= 11 is 0. The van der Waals surface area contributed by atoms with Gasteiger partial charge in [0.15, 0.2) is 0 Å². The van der Waals surface area contributed by atoms with E-state index in [0.29, 0.717) is 5.41 Å². The predicted molar refractivity (Wildman–Crippen MR) is 68.5 cm³/mol. The molecule has 0 radical (unpaired) electrons. The molecule has 0 aliphatic carbocycles. The van der Waals surface area contributed by atoms with E-state index in [1.165, 1.54) is 12.8 Å². The zero-order chi connectivity index (χ0) is 11.6. The molecule has 0 aromatic carbocycles. The Morgan fingerprint density at radius 2 is 1.50 bits per heavy atom. The van der Waals surface area contributed by atoms with Gasteiger partial charge in [0, 0.05) is 0 Å². The molecular weight excluding hydrogens is 168 g/mol. The van der Waals surface area contributed by atoms with E-state index < -0.39 is 0 Å². The predicted octanol–water partition coefficient (Wildman–Crippen LogP) is 5.22. The third-order valence-corrected chi connectivity index (χ3v) is 2.14. The second-order valence-corrected chi connectivity index (χ2v) is 4.87. The van der Waals surface area contributed by atoms with Crippen molar-refractivity contribution in [3.63, 3.8) is 0 Å². The molecule has 0 aromatic heterocycles. The molecule has 0 heterocycles. The first kappa shape index (κ1) is 15.9. The van der Waals surface area contributed by atoms with E-state index in [2.05, 4.69) is 47.8 Å². The van der Waals surface area contributed by atoms with E-state index in [9.17, 15) is 0 Å². The average molecular weight is 196 g/mol. The highest BCUT2D eigenvalue weighted by Gasteiger charge is 2.04. The summed E-state index contributed by atoms with van der Waals surface area (Å²) in [7, 11) is 0. The Hall–Kier alpha value is -0.520. The van der Waals surface area contributed by atoms with Crippen LogP contribution in [0.2, 0.25) is 0 Å². The van der Waals surface area contributed by atoms with Gasteiger partial charge >= 0.3 is 0 Å². The van der Waals surface area contributed by atoms with Crippen LogP contribution < -0.4 is 0 Å². The van der Waals surface area contributed by atoms with E-state index in [1.807, 2.05) is 12.2 Å². The summed E-state index contributed by atoms with van der Waals surface area (Å²) in [5.41, 5.74) is 0.432. The third-order valence-electron chi connectivity index (χ3n) is 2.14. The largest absolute Gasteiger partial charge is 0.103 e. The normalized spacial score (nSPS) is 10.4. The quantitative estimate of drug-likeness (QED) is 0.541. The number of hydrogen-bond donors (Lipinski definition) is 0. The molecule has 0 aliphatic heterocycles. The molecule has 0 unspecified atom stereocenters. The lowest BCUT2D eigenvalue weighted by atomic mass is 9.93. The molecule has 0 aromatic rings. The molecule has 0 rings (SSSR count). The highest BCUT2D eigenvalue weighted by molar-refractivity contribution is 4.76. The van der Waals surface area contributed by atoms with Gasteiger partial charge in [0.1, 0.15) is 0 Å². The molecule has 84 valence electrons. The van der Waals surface area contributed by atoms with Gasteiger partial charge in [0.05, 0.1) is 0 Å². The molecule has 0 heteroatoms. The average Bonchev–Trinajstić information content (AvgIpc) is 2.06. The zero-order valence-corrected chi connectivity index (χ0v) is 10.8. The maximum Gasteiger partial charge on any atom is -0.0241 e. The SMILES string of the molecule is C=CC(CC)CC.C=CCC(C)(C)C. The Bertz CT molecular complexity index is 133. The second-order valence-electron chi connectivity index (χ2n) is 4.87. The van der Waals surface area contributed by atoms with Crippen molar-refractivity contribution in [2.45, 2.75) is 53.9 Å². The topological polar surface area (TPSA) is 0 Å². The van der Waals surface area contributed by atoms with Crippen molar-refractivity contribution in [2.24, 2.45) is 11.3 Å². The molecule has 0 N–H and O–H groups in total. The van der Waals surface area contributed by atoms with Crippen LogP contribution in [-0.2, 0) is 0 Å². The minimum absolute atomic E-state index is 0.432. The van der Waals surface area contributed by atoms with Crippen molar-refractivity contribution in [3.05, 3.63) is 25.3 Å². The summed E-state index contributed by atoms with van der Waals surface area (Å²) in [5.74, 6) is 0.750. The van der Waals surface area contributed by atoms with Gasteiger partial charge in [-0.2, -0.15) is 0 Å². The molecule has 0 saturated carbocycles. The van der Waals surface area contributed by atoms with E-state index in [-0.39, 0.29) is 0 Å². The van der Waals surface area contributed by atoms with Crippen LogP contribution in [0, 0.1) is 11.3 Å². The van der Waals surface area contributed by atoms with E-state index in [1.54, 1.807) is 0 Å². The van der Waals surface area contributed by atoms with Crippen molar-refractivity contribution >= 4 is 0 Å². The van der Waals surface area contributed by atoms with Crippen molar-refractivity contribution in [3.8, 4) is 0 Å². The molecule has 0 bridgehead atoms. The fourth-order valence-corrected chi connectivity index (χ4v) is 1.06. The van der Waals surface area contributed by atoms with Gasteiger partial charge in [-0.3, -0.25) is 0 Å². The summed E-state index contributed by atoms with van der Waals surface area (Å²) in [6.45, 7) is 18.3. The molecule has 0 nitrogen and oxygen atoms in total. The van der Waals surface area contributed by atoms with Gasteiger partial charge in [0.2, 0.25) is 0 Å². The van der Waals surface area contributed by atoms with Crippen molar-refractivity contribution in [1.29, 1.82) is 0 Å². The summed E-state index contributed by atoms with van der Waals surface area (Å²) in [6, 6.07) is 0. The van der Waals surface area contributed by atoms with Crippen LogP contribution in [0.25, 0.3) is 0 Å². The minimum Gasteiger partial charge on any atom is -0.103 e. The van der Waals surface area contributed by atoms with E-state index >= 15 is 0 Å². The third kappa shape index (κ3) is 14.0. The first-order valence-corrected chi connectivity index (χ1v) is 5.64. The van der Waals surface area contributed by atoms with Gasteiger partial charge < -0.3 is 0 Å². The van der Waals surface area contributed by atoms with Crippen LogP contribution in [0.3, 0.4) is 0 Å². The number of allylic oxidation sites excluding steroid dienone is 2. The summed E-state index contributed by atoms with van der Waals surface area (Å²) < 4.78 is 0. The first-order valence-electron chi connectivity index (χ1n) is 5.64. The maximum atomic E-state index is 3.70. The molecule has 0 atom stereocenters. The van der Waals surface area contributed by atoms with E-state index in [4.69, 9.17) is 0 Å². The standard InChI is InChI=1S/2C7H14/c1-5-6-7(2,3)4;1-4-7(5-2)6-3/h5H,1,6H2,2-4H3;4,7H,1,5-6H2,2-3H3. The van der Waals surface area contributed by atoms with Crippen molar-refractivity contribution < 1.29 is 0 Å². The summed E-state index contributed by atoms with van der Waals surface area (Å²) in [6.07, 6.45) is 7.56. The fraction of sp³-hybridized carbons (Fsp3) is 0.714. The van der Waals surface area contributed by atoms with Crippen LogP contribution >= 0.6 is 0 Å². The van der Waals surface area contributed by atoms with E-state index in [0.717, 1.165) is 12.3 Å². The van der Waals surface area contributed by atoms with Crippen LogP contribution in [0.1, 0.15) is 53.9 Å². The smallest absolute Gasteiger partial charge is 0.0241 e. The van der Waals surface area contributed by atoms with Gasteiger partial charge in [-0.15, -0.1) is 13.2 Å². The van der Waals surface area contributed by atoms with Crippen LogP contribution in [0.4, 0.5) is 0 Å². The Labute approximate surface area is 91.1 Å². The first-order chi connectivity index (χ1) is 6.41. The monoisotopic (exact) mass is 196 g/mol. The molecule has 0 aliphatic rings. The molecule has 0 fully saturated rings. The molecule has 14 heavy (non-hydrogen) atoms. The molecular formula is C14H28. The maximum absolute atomic E-state index is 3.70. The van der Waals surface area contributed by atoms with Crippen LogP contribution in [-0.4, -0.2) is 0 Å².